The zero-order valence-corrected chi connectivity index (χ0v) is 21.5. The van der Waals surface area contributed by atoms with Crippen LogP contribution in [-0.4, -0.2) is 57.2 Å². The molecule has 4 aromatic rings. The maximum absolute atomic E-state index is 11.1. The Hall–Kier alpha value is -4.42. The number of fused-ring (bicyclic) bond motifs is 1. The summed E-state index contributed by atoms with van der Waals surface area (Å²) in [5.74, 6) is 0.903. The lowest BCUT2D eigenvalue weighted by Crippen LogP contribution is -2.34. The molecule has 1 amide bonds. The van der Waals surface area contributed by atoms with Crippen molar-refractivity contribution in [2.24, 2.45) is 5.92 Å². The van der Waals surface area contributed by atoms with Crippen molar-refractivity contribution in [1.82, 2.24) is 24.6 Å². The maximum Gasteiger partial charge on any atom is 0.405 e. The van der Waals surface area contributed by atoms with Crippen LogP contribution in [-0.2, 0) is 0 Å². The van der Waals surface area contributed by atoms with Gasteiger partial charge in [0.25, 0.3) is 5.88 Å². The van der Waals surface area contributed by atoms with E-state index in [9.17, 15) is 10.1 Å². The molecular formula is C29H30N6O3. The Bertz CT molecular complexity index is 1470. The van der Waals surface area contributed by atoms with Gasteiger partial charge < -0.3 is 20.1 Å². The Labute approximate surface area is 221 Å². The molecule has 0 bridgehead atoms. The lowest BCUT2D eigenvalue weighted by Gasteiger charge is -2.29. The Morgan fingerprint density at radius 3 is 2.63 bits per heavy atom. The number of hydrogen-bond acceptors (Lipinski definition) is 6. The molecule has 3 heterocycles. The van der Waals surface area contributed by atoms with Crippen molar-refractivity contribution in [2.45, 2.75) is 25.8 Å². The summed E-state index contributed by atoms with van der Waals surface area (Å²) in [7, 11) is 2.14. The molecule has 5 rings (SSSR count). The molecule has 1 aliphatic heterocycles. The van der Waals surface area contributed by atoms with Gasteiger partial charge in [-0.1, -0.05) is 36.4 Å². The van der Waals surface area contributed by atoms with Gasteiger partial charge in [-0.05, 0) is 51.1 Å². The van der Waals surface area contributed by atoms with Gasteiger partial charge in [0.15, 0.2) is 0 Å². The number of likely N-dealkylation sites (tertiary alicyclic amines) is 1. The highest BCUT2D eigenvalue weighted by Crippen LogP contribution is 2.35. The average molecular weight is 511 g/mol. The van der Waals surface area contributed by atoms with Gasteiger partial charge in [0, 0.05) is 36.0 Å². The van der Waals surface area contributed by atoms with Gasteiger partial charge in [-0.3, -0.25) is 4.40 Å². The van der Waals surface area contributed by atoms with E-state index < -0.39 is 6.09 Å². The van der Waals surface area contributed by atoms with E-state index in [1.807, 2.05) is 47.0 Å². The van der Waals surface area contributed by atoms with E-state index in [0.717, 1.165) is 48.3 Å². The number of nitrogens with zero attached hydrogens (tertiary/aromatic N) is 5. The number of hydrogen-bond donors (Lipinski definition) is 2. The lowest BCUT2D eigenvalue weighted by molar-refractivity contribution is 0.148. The van der Waals surface area contributed by atoms with Crippen LogP contribution in [0, 0.1) is 17.2 Å². The number of nitriles is 1. The molecule has 0 aliphatic carbocycles. The molecule has 194 valence electrons. The molecule has 38 heavy (non-hydrogen) atoms. The average Bonchev–Trinajstić information content (AvgIpc) is 3.41. The van der Waals surface area contributed by atoms with E-state index in [1.165, 1.54) is 0 Å². The lowest BCUT2D eigenvalue weighted by atomic mass is 9.99. The van der Waals surface area contributed by atoms with Gasteiger partial charge in [0.05, 0.1) is 35.7 Å². The molecule has 1 fully saturated rings. The molecule has 9 nitrogen and oxygen atoms in total. The first-order valence-corrected chi connectivity index (χ1v) is 12.7. The fraction of sp³-hybridized carbons (Fsp3) is 0.310. The smallest absolute Gasteiger partial charge is 0.405 e. The molecule has 2 aromatic carbocycles. The molecule has 0 saturated carbocycles. The van der Waals surface area contributed by atoms with Crippen LogP contribution in [0.1, 0.15) is 36.9 Å². The third-order valence-electron chi connectivity index (χ3n) is 7.00. The van der Waals surface area contributed by atoms with E-state index in [-0.39, 0.29) is 6.04 Å². The molecule has 9 heteroatoms. The number of benzene rings is 2. The van der Waals surface area contributed by atoms with Crippen molar-refractivity contribution >= 4 is 11.7 Å². The van der Waals surface area contributed by atoms with Gasteiger partial charge in [0.1, 0.15) is 0 Å². The summed E-state index contributed by atoms with van der Waals surface area (Å²) in [5.41, 5.74) is 5.34. The molecule has 1 unspecified atom stereocenters. The summed E-state index contributed by atoms with van der Waals surface area (Å²) in [6, 6.07) is 16.9. The van der Waals surface area contributed by atoms with E-state index in [2.05, 4.69) is 28.3 Å². The Morgan fingerprint density at radius 1 is 1.21 bits per heavy atom. The maximum atomic E-state index is 11.1. The summed E-state index contributed by atoms with van der Waals surface area (Å²) < 4.78 is 8.30. The van der Waals surface area contributed by atoms with Crippen LogP contribution in [0.3, 0.4) is 0 Å². The molecule has 1 aliphatic rings. The monoisotopic (exact) mass is 510 g/mol. The first-order chi connectivity index (χ1) is 18.4. The molecule has 0 spiro atoms. The molecule has 2 atom stereocenters. The number of ether oxygens (including phenoxy) is 1. The van der Waals surface area contributed by atoms with Crippen LogP contribution < -0.4 is 10.1 Å². The third kappa shape index (κ3) is 5.31. The van der Waals surface area contributed by atoms with Crippen LogP contribution in [0.4, 0.5) is 4.79 Å². The SMILES string of the molecule is CC(NC(=O)O)c1ccc(-c2c(-c3ccc(C#N)cc3)nc(OC[C@@H]3CCCN(C)C3)c3nccn23)cc1. The number of piperidine rings is 1. The number of carbonyl (C=O) groups is 1. The second-order valence-electron chi connectivity index (χ2n) is 9.80. The van der Waals surface area contributed by atoms with Crippen molar-refractivity contribution < 1.29 is 14.6 Å². The summed E-state index contributed by atoms with van der Waals surface area (Å²) >= 11 is 0. The Kier molecular flexibility index (Phi) is 7.24. The van der Waals surface area contributed by atoms with Crippen molar-refractivity contribution in [3.63, 3.8) is 0 Å². The number of rotatable bonds is 7. The van der Waals surface area contributed by atoms with E-state index >= 15 is 0 Å². The van der Waals surface area contributed by atoms with Gasteiger partial charge >= 0.3 is 6.09 Å². The first kappa shape index (κ1) is 25.2. The van der Waals surface area contributed by atoms with Crippen LogP contribution in [0.15, 0.2) is 60.9 Å². The molecular weight excluding hydrogens is 480 g/mol. The molecule has 1 saturated heterocycles. The van der Waals surface area contributed by atoms with Crippen LogP contribution in [0.5, 0.6) is 5.88 Å². The van der Waals surface area contributed by atoms with Gasteiger partial charge in [0.2, 0.25) is 5.65 Å². The number of nitrogens with one attached hydrogen (secondary N) is 1. The predicted molar refractivity (Wildman–Crippen MR) is 144 cm³/mol. The minimum absolute atomic E-state index is 0.347. The van der Waals surface area contributed by atoms with E-state index in [1.54, 1.807) is 25.3 Å². The molecule has 2 N–H and O–H groups in total. The standard InChI is InChI=1S/C29H30N6O3/c1-19(32-29(36)37)22-9-11-24(12-10-22)26-25(23-7-5-20(16-30)6-8-23)33-28(27-31-13-15-35(26)27)38-18-21-4-3-14-34(2)17-21/h5-13,15,19,21,32H,3-4,14,17-18H2,1-2H3,(H,36,37)/t19?,21-/m1/s1. The van der Waals surface area contributed by atoms with Gasteiger partial charge in [-0.2, -0.15) is 5.26 Å². The van der Waals surface area contributed by atoms with Gasteiger partial charge in [-0.15, -0.1) is 0 Å². The fourth-order valence-electron chi connectivity index (χ4n) is 5.04. The van der Waals surface area contributed by atoms with Crippen molar-refractivity contribution in [2.75, 3.05) is 26.7 Å². The zero-order valence-electron chi connectivity index (χ0n) is 21.5. The van der Waals surface area contributed by atoms with Crippen molar-refractivity contribution in [1.29, 1.82) is 5.26 Å². The van der Waals surface area contributed by atoms with E-state index in [0.29, 0.717) is 35.3 Å². The van der Waals surface area contributed by atoms with Crippen LogP contribution in [0.2, 0.25) is 0 Å². The van der Waals surface area contributed by atoms with Gasteiger partial charge in [-0.25, -0.2) is 14.8 Å². The van der Waals surface area contributed by atoms with Crippen LogP contribution >= 0.6 is 0 Å². The van der Waals surface area contributed by atoms with E-state index in [4.69, 9.17) is 14.8 Å². The Balaban J connectivity index is 1.57. The highest BCUT2D eigenvalue weighted by molar-refractivity contribution is 5.81. The normalized spacial score (nSPS) is 16.6. The number of amides is 1. The molecule has 0 radical (unpaired) electrons. The minimum Gasteiger partial charge on any atom is -0.475 e. The number of imidazole rings is 1. The highest BCUT2D eigenvalue weighted by atomic mass is 16.5. The topological polar surface area (TPSA) is 116 Å². The second-order valence-corrected chi connectivity index (χ2v) is 9.80. The number of aromatic nitrogens is 3. The summed E-state index contributed by atoms with van der Waals surface area (Å²) in [4.78, 5) is 23.0. The third-order valence-corrected chi connectivity index (χ3v) is 7.00. The molecule has 2 aromatic heterocycles. The highest BCUT2D eigenvalue weighted by Gasteiger charge is 2.22. The van der Waals surface area contributed by atoms with Crippen LogP contribution in [0.25, 0.3) is 28.2 Å². The fourth-order valence-corrected chi connectivity index (χ4v) is 5.04. The predicted octanol–water partition coefficient (Wildman–Crippen LogP) is 4.98. The van der Waals surface area contributed by atoms with Crippen molar-refractivity contribution in [3.8, 4) is 34.5 Å². The summed E-state index contributed by atoms with van der Waals surface area (Å²) in [6.45, 7) is 4.47. The summed E-state index contributed by atoms with van der Waals surface area (Å²) in [5, 5.41) is 20.8. The number of carboxylic acid groups (broad SMARTS) is 1. The minimum atomic E-state index is -1.07. The Morgan fingerprint density at radius 2 is 1.95 bits per heavy atom. The quantitative estimate of drug-likeness (QED) is 0.360. The zero-order chi connectivity index (χ0) is 26.6. The summed E-state index contributed by atoms with van der Waals surface area (Å²) in [6.07, 6.45) is 4.84. The second kappa shape index (κ2) is 10.9. The van der Waals surface area contributed by atoms with Crippen molar-refractivity contribution in [3.05, 3.63) is 72.1 Å². The first-order valence-electron chi connectivity index (χ1n) is 12.7. The largest absolute Gasteiger partial charge is 0.475 e.